The van der Waals surface area contributed by atoms with Crippen molar-refractivity contribution in [1.29, 1.82) is 0 Å². The summed E-state index contributed by atoms with van der Waals surface area (Å²) in [6.07, 6.45) is 2.16. The standard InChI is InChI=1S/C15H19N3O2/c1-19-10-12-8-11(17-20-12)9-18-7-3-4-13-14(16)5-2-6-15(13)18/h2,5-6,8H,3-4,7,9-10,16H2,1H3. The Labute approximate surface area is 118 Å². The van der Waals surface area contributed by atoms with Gasteiger partial charge >= 0.3 is 0 Å². The van der Waals surface area contributed by atoms with Crippen molar-refractivity contribution >= 4 is 11.4 Å². The third-order valence-electron chi connectivity index (χ3n) is 3.63. The van der Waals surface area contributed by atoms with E-state index >= 15 is 0 Å². The van der Waals surface area contributed by atoms with E-state index in [0.717, 1.165) is 43.1 Å². The van der Waals surface area contributed by atoms with Crippen LogP contribution in [0.25, 0.3) is 0 Å². The van der Waals surface area contributed by atoms with Crippen LogP contribution < -0.4 is 10.6 Å². The molecule has 5 heteroatoms. The number of benzene rings is 1. The lowest BCUT2D eigenvalue weighted by atomic mass is 10.00. The van der Waals surface area contributed by atoms with Crippen molar-refractivity contribution in [3.63, 3.8) is 0 Å². The van der Waals surface area contributed by atoms with Gasteiger partial charge in [0.2, 0.25) is 0 Å². The van der Waals surface area contributed by atoms with Gasteiger partial charge in [-0.2, -0.15) is 0 Å². The Morgan fingerprint density at radius 1 is 1.45 bits per heavy atom. The Morgan fingerprint density at radius 2 is 2.35 bits per heavy atom. The van der Waals surface area contributed by atoms with Crippen LogP contribution in [-0.4, -0.2) is 18.8 Å². The summed E-state index contributed by atoms with van der Waals surface area (Å²) in [5.74, 6) is 0.757. The molecule has 0 aliphatic carbocycles. The fourth-order valence-electron chi connectivity index (χ4n) is 2.73. The number of rotatable bonds is 4. The van der Waals surface area contributed by atoms with Gasteiger partial charge in [-0.25, -0.2) is 0 Å². The van der Waals surface area contributed by atoms with Gasteiger partial charge in [0.05, 0.1) is 6.54 Å². The molecule has 106 valence electrons. The molecular weight excluding hydrogens is 254 g/mol. The zero-order valence-electron chi connectivity index (χ0n) is 11.6. The summed E-state index contributed by atoms with van der Waals surface area (Å²) in [4.78, 5) is 2.31. The molecule has 1 aromatic heterocycles. The van der Waals surface area contributed by atoms with Crippen LogP contribution in [0.1, 0.15) is 23.4 Å². The van der Waals surface area contributed by atoms with E-state index in [1.807, 2.05) is 18.2 Å². The lowest BCUT2D eigenvalue weighted by Crippen LogP contribution is -2.29. The Bertz CT molecular complexity index is 595. The summed E-state index contributed by atoms with van der Waals surface area (Å²) < 4.78 is 10.3. The van der Waals surface area contributed by atoms with Gasteiger partial charge in [0, 0.05) is 31.1 Å². The van der Waals surface area contributed by atoms with E-state index in [4.69, 9.17) is 15.0 Å². The minimum atomic E-state index is 0.455. The molecular formula is C15H19N3O2. The summed E-state index contributed by atoms with van der Waals surface area (Å²) in [6, 6.07) is 8.05. The minimum absolute atomic E-state index is 0.455. The first-order valence-electron chi connectivity index (χ1n) is 6.83. The number of hydrogen-bond donors (Lipinski definition) is 1. The van der Waals surface area contributed by atoms with Crippen molar-refractivity contribution in [3.05, 3.63) is 41.3 Å². The second-order valence-electron chi connectivity index (χ2n) is 5.09. The number of methoxy groups -OCH3 is 1. The van der Waals surface area contributed by atoms with Crippen molar-refractivity contribution in [3.8, 4) is 0 Å². The van der Waals surface area contributed by atoms with E-state index in [1.165, 1.54) is 11.3 Å². The van der Waals surface area contributed by atoms with Gasteiger partial charge in [-0.15, -0.1) is 0 Å². The van der Waals surface area contributed by atoms with Crippen molar-refractivity contribution in [1.82, 2.24) is 5.16 Å². The normalized spacial score (nSPS) is 14.3. The van der Waals surface area contributed by atoms with Crippen LogP contribution in [0, 0.1) is 0 Å². The van der Waals surface area contributed by atoms with E-state index in [0.29, 0.717) is 6.61 Å². The first-order chi connectivity index (χ1) is 9.78. The molecule has 3 rings (SSSR count). The number of nitrogens with zero attached hydrogens (tertiary/aromatic N) is 2. The summed E-state index contributed by atoms with van der Waals surface area (Å²) in [5, 5.41) is 4.10. The topological polar surface area (TPSA) is 64.5 Å². The predicted octanol–water partition coefficient (Wildman–Crippen LogP) is 2.36. The zero-order chi connectivity index (χ0) is 13.9. The van der Waals surface area contributed by atoms with Crippen LogP contribution in [0.3, 0.4) is 0 Å². The maximum atomic E-state index is 6.06. The lowest BCUT2D eigenvalue weighted by Gasteiger charge is -2.31. The molecule has 5 nitrogen and oxygen atoms in total. The van der Waals surface area contributed by atoms with Gasteiger partial charge < -0.3 is 19.9 Å². The monoisotopic (exact) mass is 273 g/mol. The van der Waals surface area contributed by atoms with Crippen LogP contribution in [0.5, 0.6) is 0 Å². The van der Waals surface area contributed by atoms with Crippen LogP contribution >= 0.6 is 0 Å². The van der Waals surface area contributed by atoms with Crippen molar-refractivity contribution < 1.29 is 9.26 Å². The zero-order valence-corrected chi connectivity index (χ0v) is 11.6. The number of fused-ring (bicyclic) bond motifs is 1. The Hall–Kier alpha value is -2.01. The van der Waals surface area contributed by atoms with Crippen LogP contribution in [0.15, 0.2) is 28.8 Å². The van der Waals surface area contributed by atoms with Gasteiger partial charge in [-0.1, -0.05) is 11.2 Å². The van der Waals surface area contributed by atoms with E-state index in [9.17, 15) is 0 Å². The highest BCUT2D eigenvalue weighted by atomic mass is 16.5. The number of nitrogen functional groups attached to an aromatic ring is 1. The minimum Gasteiger partial charge on any atom is -0.398 e. The Balaban J connectivity index is 1.80. The highest BCUT2D eigenvalue weighted by Gasteiger charge is 2.19. The Morgan fingerprint density at radius 3 is 3.20 bits per heavy atom. The molecule has 1 aliphatic rings. The van der Waals surface area contributed by atoms with Gasteiger partial charge in [0.1, 0.15) is 12.3 Å². The molecule has 0 unspecified atom stereocenters. The molecule has 0 fully saturated rings. The molecule has 0 saturated carbocycles. The SMILES string of the molecule is COCc1cc(CN2CCCc3c(N)cccc32)no1. The summed E-state index contributed by atoms with van der Waals surface area (Å²) in [6.45, 7) is 2.21. The average molecular weight is 273 g/mol. The van der Waals surface area contributed by atoms with Gasteiger partial charge in [-0.05, 0) is 30.5 Å². The third kappa shape index (κ3) is 2.49. The van der Waals surface area contributed by atoms with E-state index in [-0.39, 0.29) is 0 Å². The molecule has 1 aliphatic heterocycles. The number of anilines is 2. The molecule has 2 N–H and O–H groups in total. The summed E-state index contributed by atoms with van der Waals surface area (Å²) >= 11 is 0. The predicted molar refractivity (Wildman–Crippen MR) is 77.4 cm³/mol. The second kappa shape index (κ2) is 5.54. The van der Waals surface area contributed by atoms with Gasteiger partial charge in [0.25, 0.3) is 0 Å². The first-order valence-corrected chi connectivity index (χ1v) is 6.83. The van der Waals surface area contributed by atoms with Crippen molar-refractivity contribution in [2.24, 2.45) is 0 Å². The van der Waals surface area contributed by atoms with E-state index < -0.39 is 0 Å². The molecule has 2 aromatic rings. The van der Waals surface area contributed by atoms with Crippen molar-refractivity contribution in [2.45, 2.75) is 26.0 Å². The summed E-state index contributed by atoms with van der Waals surface area (Å²) in [7, 11) is 1.64. The number of nitrogens with two attached hydrogens (primary N) is 1. The molecule has 0 radical (unpaired) electrons. The second-order valence-corrected chi connectivity index (χ2v) is 5.09. The Kier molecular flexibility index (Phi) is 3.60. The van der Waals surface area contributed by atoms with E-state index in [2.05, 4.69) is 16.1 Å². The van der Waals surface area contributed by atoms with Gasteiger partial charge in [0.15, 0.2) is 5.76 Å². The largest absolute Gasteiger partial charge is 0.398 e. The number of ether oxygens (including phenoxy) is 1. The van der Waals surface area contributed by atoms with Crippen molar-refractivity contribution in [2.75, 3.05) is 24.3 Å². The van der Waals surface area contributed by atoms with Crippen LogP contribution in [0.2, 0.25) is 0 Å². The van der Waals surface area contributed by atoms with Gasteiger partial charge in [-0.3, -0.25) is 0 Å². The average Bonchev–Trinajstić information content (AvgIpc) is 2.88. The highest BCUT2D eigenvalue weighted by molar-refractivity contribution is 5.66. The quantitative estimate of drug-likeness (QED) is 0.866. The fraction of sp³-hybridized carbons (Fsp3) is 0.400. The number of hydrogen-bond acceptors (Lipinski definition) is 5. The maximum Gasteiger partial charge on any atom is 0.162 e. The number of aromatic nitrogens is 1. The first kappa shape index (κ1) is 13.0. The smallest absolute Gasteiger partial charge is 0.162 e. The fourth-order valence-corrected chi connectivity index (χ4v) is 2.73. The molecule has 20 heavy (non-hydrogen) atoms. The lowest BCUT2D eigenvalue weighted by molar-refractivity contribution is 0.156. The summed E-state index contributed by atoms with van der Waals surface area (Å²) in [5.41, 5.74) is 10.3. The molecule has 1 aromatic carbocycles. The third-order valence-corrected chi connectivity index (χ3v) is 3.63. The van der Waals surface area contributed by atoms with Crippen LogP contribution in [-0.2, 0) is 24.3 Å². The molecule has 0 saturated heterocycles. The molecule has 2 heterocycles. The molecule has 0 bridgehead atoms. The maximum absolute atomic E-state index is 6.06. The molecule has 0 spiro atoms. The highest BCUT2D eigenvalue weighted by Crippen LogP contribution is 2.32. The molecule has 0 atom stereocenters. The van der Waals surface area contributed by atoms with Crippen LogP contribution in [0.4, 0.5) is 11.4 Å². The van der Waals surface area contributed by atoms with E-state index in [1.54, 1.807) is 7.11 Å². The molecule has 0 amide bonds.